The second kappa shape index (κ2) is 9.55. The molecule has 2 aromatic carbocycles. The van der Waals surface area contributed by atoms with Gasteiger partial charge in [0, 0.05) is 48.9 Å². The summed E-state index contributed by atoms with van der Waals surface area (Å²) in [6.07, 6.45) is 1.61. The van der Waals surface area contributed by atoms with Crippen LogP contribution in [0.4, 0.5) is 5.82 Å². The number of ether oxygens (including phenoxy) is 1. The van der Waals surface area contributed by atoms with Crippen LogP contribution in [0.15, 0.2) is 66.7 Å². The predicted octanol–water partition coefficient (Wildman–Crippen LogP) is 4.25. The first kappa shape index (κ1) is 21.9. The third-order valence-corrected chi connectivity index (χ3v) is 6.40. The zero-order valence-electron chi connectivity index (χ0n) is 19.6. The van der Waals surface area contributed by atoms with Crippen LogP contribution < -0.4 is 15.0 Å². The van der Waals surface area contributed by atoms with E-state index in [2.05, 4.69) is 33.4 Å². The van der Waals surface area contributed by atoms with E-state index in [0.29, 0.717) is 6.54 Å². The van der Waals surface area contributed by atoms with Crippen molar-refractivity contribution in [3.8, 4) is 17.0 Å². The molecule has 174 valence electrons. The van der Waals surface area contributed by atoms with Crippen molar-refractivity contribution in [1.29, 1.82) is 0 Å². The normalized spacial score (nSPS) is 14.4. The molecule has 0 spiro atoms. The summed E-state index contributed by atoms with van der Waals surface area (Å²) in [5.74, 6) is 1.95. The van der Waals surface area contributed by atoms with Gasteiger partial charge in [-0.3, -0.25) is 4.79 Å². The van der Waals surface area contributed by atoms with Crippen molar-refractivity contribution in [3.63, 3.8) is 0 Å². The Kier molecular flexibility index (Phi) is 6.16. The molecule has 0 radical (unpaired) electrons. The van der Waals surface area contributed by atoms with E-state index in [1.165, 1.54) is 0 Å². The second-order valence-electron chi connectivity index (χ2n) is 8.75. The van der Waals surface area contributed by atoms with E-state index in [1.807, 2.05) is 60.0 Å². The van der Waals surface area contributed by atoms with Crippen LogP contribution in [0.2, 0.25) is 0 Å². The number of hydrogen-bond acceptors (Lipinski definition) is 5. The van der Waals surface area contributed by atoms with Gasteiger partial charge in [-0.2, -0.15) is 9.61 Å². The quantitative estimate of drug-likeness (QED) is 0.471. The molecular weight excluding hydrogens is 426 g/mol. The van der Waals surface area contributed by atoms with E-state index in [9.17, 15) is 4.79 Å². The van der Waals surface area contributed by atoms with Gasteiger partial charge in [0.15, 0.2) is 5.65 Å². The van der Waals surface area contributed by atoms with Crippen molar-refractivity contribution in [3.05, 3.63) is 78.0 Å². The number of aryl methyl sites for hydroxylation is 1. The number of aromatic nitrogens is 3. The number of benzene rings is 2. The summed E-state index contributed by atoms with van der Waals surface area (Å²) in [6, 6.07) is 22.1. The van der Waals surface area contributed by atoms with Gasteiger partial charge in [0.05, 0.1) is 12.8 Å². The summed E-state index contributed by atoms with van der Waals surface area (Å²) in [5.41, 5.74) is 4.81. The molecule has 0 bridgehead atoms. The number of rotatable bonds is 6. The maximum atomic E-state index is 12.8. The van der Waals surface area contributed by atoms with Crippen molar-refractivity contribution >= 4 is 17.4 Å². The number of fused-ring (bicyclic) bond motifs is 1. The van der Waals surface area contributed by atoms with Gasteiger partial charge in [-0.25, -0.2) is 4.98 Å². The van der Waals surface area contributed by atoms with Crippen LogP contribution in [-0.4, -0.2) is 40.7 Å². The Morgan fingerprint density at radius 1 is 1.06 bits per heavy atom. The lowest BCUT2D eigenvalue weighted by Gasteiger charge is -2.33. The van der Waals surface area contributed by atoms with E-state index >= 15 is 0 Å². The molecule has 1 fully saturated rings. The molecule has 1 N–H and O–H groups in total. The minimum atomic E-state index is 0.0118. The maximum absolute atomic E-state index is 12.8. The van der Waals surface area contributed by atoms with Crippen molar-refractivity contribution in [2.75, 3.05) is 25.1 Å². The standard InChI is InChI=1S/C27H29N5O2/c1-19-15-26(32-25(29-19)17-24(30-32)21-8-4-3-5-9-21)31-13-11-22(12-14-31)27(33)28-18-20-7-6-10-23(16-20)34-2/h3-10,15-17,22H,11-14,18H2,1-2H3,(H,28,33). The number of nitrogens with zero attached hydrogens (tertiary/aromatic N) is 4. The van der Waals surface area contributed by atoms with Gasteiger partial charge in [-0.1, -0.05) is 42.5 Å². The second-order valence-corrected chi connectivity index (χ2v) is 8.75. The number of methoxy groups -OCH3 is 1. The molecule has 5 rings (SSSR count). The molecule has 1 amide bonds. The topological polar surface area (TPSA) is 71.8 Å². The number of hydrogen-bond donors (Lipinski definition) is 1. The fraction of sp³-hybridized carbons (Fsp3) is 0.296. The SMILES string of the molecule is COc1cccc(CNC(=O)C2CCN(c3cc(C)nc4cc(-c5ccccc5)nn34)CC2)c1. The lowest BCUT2D eigenvalue weighted by atomic mass is 9.95. The lowest BCUT2D eigenvalue weighted by Crippen LogP contribution is -2.41. The fourth-order valence-electron chi connectivity index (χ4n) is 4.54. The van der Waals surface area contributed by atoms with E-state index in [-0.39, 0.29) is 11.8 Å². The van der Waals surface area contributed by atoms with Crippen LogP contribution in [0.3, 0.4) is 0 Å². The Hall–Kier alpha value is -3.87. The summed E-state index contributed by atoms with van der Waals surface area (Å²) in [4.78, 5) is 19.8. The van der Waals surface area contributed by atoms with Crippen LogP contribution in [0.25, 0.3) is 16.9 Å². The van der Waals surface area contributed by atoms with Crippen molar-refractivity contribution in [1.82, 2.24) is 19.9 Å². The molecule has 7 heteroatoms. The van der Waals surface area contributed by atoms with Gasteiger partial charge in [0.2, 0.25) is 5.91 Å². The third kappa shape index (κ3) is 4.59. The molecule has 0 unspecified atom stereocenters. The van der Waals surface area contributed by atoms with E-state index in [0.717, 1.165) is 65.7 Å². The summed E-state index contributed by atoms with van der Waals surface area (Å²) in [5, 5.41) is 7.95. The molecule has 7 nitrogen and oxygen atoms in total. The zero-order chi connectivity index (χ0) is 23.5. The molecule has 4 aromatic rings. The smallest absolute Gasteiger partial charge is 0.223 e. The van der Waals surface area contributed by atoms with E-state index in [4.69, 9.17) is 9.84 Å². The van der Waals surface area contributed by atoms with E-state index < -0.39 is 0 Å². The molecule has 1 saturated heterocycles. The van der Waals surface area contributed by atoms with Gasteiger partial charge < -0.3 is 15.0 Å². The Morgan fingerprint density at radius 3 is 2.62 bits per heavy atom. The van der Waals surface area contributed by atoms with Crippen LogP contribution in [-0.2, 0) is 11.3 Å². The Labute approximate surface area is 199 Å². The minimum absolute atomic E-state index is 0.0118. The highest BCUT2D eigenvalue weighted by Gasteiger charge is 2.26. The zero-order valence-corrected chi connectivity index (χ0v) is 19.6. The highest BCUT2D eigenvalue weighted by molar-refractivity contribution is 5.79. The van der Waals surface area contributed by atoms with Gasteiger partial charge in [-0.05, 0) is 37.5 Å². The summed E-state index contributed by atoms with van der Waals surface area (Å²) < 4.78 is 7.20. The largest absolute Gasteiger partial charge is 0.497 e. The average molecular weight is 456 g/mol. The van der Waals surface area contributed by atoms with Crippen LogP contribution in [0.1, 0.15) is 24.1 Å². The minimum Gasteiger partial charge on any atom is -0.497 e. The number of nitrogens with one attached hydrogen (secondary N) is 1. The maximum Gasteiger partial charge on any atom is 0.223 e. The monoisotopic (exact) mass is 455 g/mol. The number of piperidine rings is 1. The van der Waals surface area contributed by atoms with Gasteiger partial charge in [0.1, 0.15) is 11.6 Å². The summed E-state index contributed by atoms with van der Waals surface area (Å²) in [6.45, 7) is 4.13. The van der Waals surface area contributed by atoms with Crippen molar-refractivity contribution in [2.24, 2.45) is 5.92 Å². The molecular formula is C27H29N5O2. The first-order valence-electron chi connectivity index (χ1n) is 11.7. The molecule has 0 saturated carbocycles. The summed E-state index contributed by atoms with van der Waals surface area (Å²) in [7, 11) is 1.65. The molecule has 0 atom stereocenters. The van der Waals surface area contributed by atoms with Crippen LogP contribution in [0.5, 0.6) is 5.75 Å². The number of carbonyl (C=O) groups is 1. The Balaban J connectivity index is 1.26. The van der Waals surface area contributed by atoms with Gasteiger partial charge in [-0.15, -0.1) is 0 Å². The van der Waals surface area contributed by atoms with Crippen LogP contribution >= 0.6 is 0 Å². The fourth-order valence-corrected chi connectivity index (χ4v) is 4.54. The predicted molar refractivity (Wildman–Crippen MR) is 133 cm³/mol. The molecule has 1 aliphatic rings. The average Bonchev–Trinajstić information content (AvgIpc) is 3.31. The van der Waals surface area contributed by atoms with Gasteiger partial charge >= 0.3 is 0 Å². The van der Waals surface area contributed by atoms with Crippen LogP contribution in [0, 0.1) is 12.8 Å². The molecule has 1 aliphatic heterocycles. The molecule has 2 aromatic heterocycles. The van der Waals surface area contributed by atoms with Gasteiger partial charge in [0.25, 0.3) is 0 Å². The first-order valence-corrected chi connectivity index (χ1v) is 11.7. The molecule has 0 aliphatic carbocycles. The van der Waals surface area contributed by atoms with Crippen molar-refractivity contribution in [2.45, 2.75) is 26.3 Å². The highest BCUT2D eigenvalue weighted by Crippen LogP contribution is 2.27. The van der Waals surface area contributed by atoms with E-state index in [1.54, 1.807) is 7.11 Å². The number of carbonyl (C=O) groups excluding carboxylic acids is 1. The van der Waals surface area contributed by atoms with Crippen molar-refractivity contribution < 1.29 is 9.53 Å². The number of amides is 1. The molecule has 34 heavy (non-hydrogen) atoms. The molecule has 3 heterocycles. The Bertz CT molecular complexity index is 1290. The first-order chi connectivity index (χ1) is 16.6. The highest BCUT2D eigenvalue weighted by atomic mass is 16.5. The Morgan fingerprint density at radius 2 is 1.85 bits per heavy atom. The lowest BCUT2D eigenvalue weighted by molar-refractivity contribution is -0.125. The third-order valence-electron chi connectivity index (χ3n) is 6.40. The summed E-state index contributed by atoms with van der Waals surface area (Å²) >= 11 is 0. The number of anilines is 1.